The monoisotopic (exact) mass is 463 g/mol. The summed E-state index contributed by atoms with van der Waals surface area (Å²) in [6, 6.07) is 7.25. The van der Waals surface area contributed by atoms with E-state index in [0.717, 1.165) is 18.4 Å². The molecule has 1 aromatic carbocycles. The molecule has 2 rings (SSSR count). The van der Waals surface area contributed by atoms with Crippen LogP contribution in [-0.4, -0.2) is 6.54 Å². The van der Waals surface area contributed by atoms with E-state index >= 15 is 0 Å². The maximum atomic E-state index is 3.83. The van der Waals surface area contributed by atoms with Crippen LogP contribution in [0.5, 0.6) is 0 Å². The largest absolute Gasteiger partial charge is 0.310 e. The smallest absolute Gasteiger partial charge is 0.0360 e. The fourth-order valence-electron chi connectivity index (χ4n) is 3.59. The van der Waals surface area contributed by atoms with Gasteiger partial charge in [-0.3, -0.25) is 0 Å². The predicted octanol–water partition coefficient (Wildman–Crippen LogP) is 6.31. The van der Waals surface area contributed by atoms with E-state index in [4.69, 9.17) is 0 Å². The number of nitrogens with one attached hydrogen (secondary N) is 1. The third-order valence-electron chi connectivity index (χ3n) is 4.78. The van der Waals surface area contributed by atoms with Crippen LogP contribution in [0, 0.1) is 15.4 Å². The van der Waals surface area contributed by atoms with Crippen molar-refractivity contribution in [2.45, 2.75) is 58.4 Å². The zero-order valence-corrected chi connectivity index (χ0v) is 16.9. The van der Waals surface area contributed by atoms with Gasteiger partial charge in [0.2, 0.25) is 0 Å². The van der Waals surface area contributed by atoms with E-state index in [9.17, 15) is 0 Å². The number of benzene rings is 1. The molecular formula is C18H27BrIN. The topological polar surface area (TPSA) is 12.0 Å². The molecule has 0 aromatic heterocycles. The summed E-state index contributed by atoms with van der Waals surface area (Å²) in [6.45, 7) is 5.71. The molecule has 0 saturated heterocycles. The summed E-state index contributed by atoms with van der Waals surface area (Å²) in [5.74, 6) is 1.71. The minimum absolute atomic E-state index is 0.503. The number of rotatable bonds is 6. The molecule has 1 saturated carbocycles. The second-order valence-electron chi connectivity index (χ2n) is 6.30. The van der Waals surface area contributed by atoms with Gasteiger partial charge in [-0.1, -0.05) is 49.0 Å². The van der Waals surface area contributed by atoms with Crippen molar-refractivity contribution >= 4 is 38.5 Å². The zero-order chi connectivity index (χ0) is 15.2. The van der Waals surface area contributed by atoms with Gasteiger partial charge >= 0.3 is 0 Å². The van der Waals surface area contributed by atoms with Crippen LogP contribution in [0.3, 0.4) is 0 Å². The van der Waals surface area contributed by atoms with E-state index in [0.29, 0.717) is 6.04 Å². The van der Waals surface area contributed by atoms with E-state index in [2.05, 4.69) is 75.9 Å². The van der Waals surface area contributed by atoms with Gasteiger partial charge < -0.3 is 5.32 Å². The highest BCUT2D eigenvalue weighted by molar-refractivity contribution is 14.1. The molecule has 0 aliphatic heterocycles. The molecule has 118 valence electrons. The molecule has 0 spiro atoms. The lowest BCUT2D eigenvalue weighted by Gasteiger charge is -2.35. The van der Waals surface area contributed by atoms with Gasteiger partial charge in [0.1, 0.15) is 0 Å². The molecule has 1 aromatic rings. The lowest BCUT2D eigenvalue weighted by Crippen LogP contribution is -2.32. The van der Waals surface area contributed by atoms with E-state index in [1.54, 1.807) is 0 Å². The van der Waals surface area contributed by atoms with Gasteiger partial charge in [-0.2, -0.15) is 0 Å². The second-order valence-corrected chi connectivity index (χ2v) is 8.40. The van der Waals surface area contributed by atoms with Gasteiger partial charge in [-0.05, 0) is 84.0 Å². The third kappa shape index (κ3) is 4.93. The molecule has 1 fully saturated rings. The molecule has 3 heteroatoms. The van der Waals surface area contributed by atoms with E-state index in [1.165, 1.54) is 52.1 Å². The Labute approximate surface area is 151 Å². The standard InChI is InChI=1S/C18H27BrIN/c1-3-10-21-18(14-7-5-6-13(4-2)11-14)16-12-15(20)8-9-17(16)19/h8-9,12-14,18,21H,3-7,10-11H2,1-2H3. The van der Waals surface area contributed by atoms with Crippen LogP contribution in [0.2, 0.25) is 0 Å². The maximum Gasteiger partial charge on any atom is 0.0360 e. The second kappa shape index (κ2) is 8.88. The summed E-state index contributed by atoms with van der Waals surface area (Å²) in [7, 11) is 0. The van der Waals surface area contributed by atoms with Gasteiger partial charge in [0.25, 0.3) is 0 Å². The molecule has 0 heterocycles. The molecule has 1 nitrogen and oxygen atoms in total. The van der Waals surface area contributed by atoms with Crippen LogP contribution in [0.15, 0.2) is 22.7 Å². The fraction of sp³-hybridized carbons (Fsp3) is 0.667. The molecule has 0 amide bonds. The quantitative estimate of drug-likeness (QED) is 0.487. The van der Waals surface area contributed by atoms with Crippen molar-refractivity contribution in [1.29, 1.82) is 0 Å². The van der Waals surface area contributed by atoms with Crippen LogP contribution in [-0.2, 0) is 0 Å². The van der Waals surface area contributed by atoms with Gasteiger partial charge in [0.15, 0.2) is 0 Å². The van der Waals surface area contributed by atoms with E-state index in [1.807, 2.05) is 0 Å². The Kier molecular flexibility index (Phi) is 7.50. The fourth-order valence-corrected chi connectivity index (χ4v) is 4.60. The van der Waals surface area contributed by atoms with E-state index in [-0.39, 0.29) is 0 Å². The first kappa shape index (κ1) is 17.7. The molecule has 0 bridgehead atoms. The third-order valence-corrected chi connectivity index (χ3v) is 6.17. The predicted molar refractivity (Wildman–Crippen MR) is 104 cm³/mol. The van der Waals surface area contributed by atoms with Gasteiger partial charge in [-0.25, -0.2) is 0 Å². The Morgan fingerprint density at radius 3 is 2.86 bits per heavy atom. The molecule has 1 N–H and O–H groups in total. The van der Waals surface area contributed by atoms with Crippen LogP contribution in [0.4, 0.5) is 0 Å². The highest BCUT2D eigenvalue weighted by Gasteiger charge is 2.29. The molecule has 3 atom stereocenters. The van der Waals surface area contributed by atoms with Crippen LogP contribution < -0.4 is 5.32 Å². The molecular weight excluding hydrogens is 437 g/mol. The zero-order valence-electron chi connectivity index (χ0n) is 13.2. The first-order valence-corrected chi connectivity index (χ1v) is 10.2. The summed E-state index contributed by atoms with van der Waals surface area (Å²) in [5, 5.41) is 3.83. The maximum absolute atomic E-state index is 3.83. The summed E-state index contributed by atoms with van der Waals surface area (Å²) < 4.78 is 2.59. The van der Waals surface area contributed by atoms with Crippen LogP contribution >= 0.6 is 38.5 Å². The first-order valence-electron chi connectivity index (χ1n) is 8.34. The van der Waals surface area contributed by atoms with Crippen molar-refractivity contribution in [2.24, 2.45) is 11.8 Å². The molecule has 0 radical (unpaired) electrons. The van der Waals surface area contributed by atoms with Crippen molar-refractivity contribution in [3.63, 3.8) is 0 Å². The van der Waals surface area contributed by atoms with Crippen molar-refractivity contribution in [3.8, 4) is 0 Å². The summed E-state index contributed by atoms with van der Waals surface area (Å²) >= 11 is 6.21. The summed E-state index contributed by atoms with van der Waals surface area (Å²) in [6.07, 6.45) is 8.12. The Hall–Kier alpha value is 0.390. The lowest BCUT2D eigenvalue weighted by molar-refractivity contribution is 0.209. The lowest BCUT2D eigenvalue weighted by atomic mass is 9.75. The van der Waals surface area contributed by atoms with Crippen LogP contribution in [0.1, 0.15) is 64.0 Å². The molecule has 1 aliphatic rings. The number of hydrogen-bond acceptors (Lipinski definition) is 1. The first-order chi connectivity index (χ1) is 10.2. The Bertz CT molecular complexity index is 449. The Morgan fingerprint density at radius 1 is 1.33 bits per heavy atom. The average Bonchev–Trinajstić information content (AvgIpc) is 2.51. The molecule has 3 unspecified atom stereocenters. The normalized spacial score (nSPS) is 24.0. The van der Waals surface area contributed by atoms with Crippen LogP contribution in [0.25, 0.3) is 0 Å². The van der Waals surface area contributed by atoms with Crippen molar-refractivity contribution in [2.75, 3.05) is 6.54 Å². The SMILES string of the molecule is CCCNC(c1cc(I)ccc1Br)C1CCCC(CC)C1. The number of halogens is 2. The minimum Gasteiger partial charge on any atom is -0.310 e. The highest BCUT2D eigenvalue weighted by atomic mass is 127. The van der Waals surface area contributed by atoms with Gasteiger partial charge in [0.05, 0.1) is 0 Å². The Morgan fingerprint density at radius 2 is 2.14 bits per heavy atom. The summed E-state index contributed by atoms with van der Waals surface area (Å²) in [4.78, 5) is 0. The van der Waals surface area contributed by atoms with Crippen molar-refractivity contribution < 1.29 is 0 Å². The molecule has 1 aliphatic carbocycles. The van der Waals surface area contributed by atoms with Crippen molar-refractivity contribution in [3.05, 3.63) is 31.8 Å². The molecule has 21 heavy (non-hydrogen) atoms. The van der Waals surface area contributed by atoms with E-state index < -0.39 is 0 Å². The Balaban J connectivity index is 2.22. The average molecular weight is 464 g/mol. The minimum atomic E-state index is 0.503. The van der Waals surface area contributed by atoms with Gasteiger partial charge in [-0.15, -0.1) is 0 Å². The number of hydrogen-bond donors (Lipinski definition) is 1. The van der Waals surface area contributed by atoms with Crippen molar-refractivity contribution in [1.82, 2.24) is 5.32 Å². The highest BCUT2D eigenvalue weighted by Crippen LogP contribution is 2.40. The van der Waals surface area contributed by atoms with Gasteiger partial charge in [0, 0.05) is 14.1 Å². The summed E-state index contributed by atoms with van der Waals surface area (Å²) in [5.41, 5.74) is 1.46.